The number of carbonyl (C=O) groups excluding carboxylic acids is 5. The van der Waals surface area contributed by atoms with Crippen LogP contribution in [0.5, 0.6) is 0 Å². The summed E-state index contributed by atoms with van der Waals surface area (Å²) < 4.78 is 5.16. The monoisotopic (exact) mass is 638 g/mol. The van der Waals surface area contributed by atoms with E-state index in [1.165, 1.54) is 13.5 Å². The molecule has 14 nitrogen and oxygen atoms in total. The van der Waals surface area contributed by atoms with E-state index in [0.29, 0.717) is 12.2 Å². The lowest BCUT2D eigenvalue weighted by Crippen LogP contribution is -2.55. The number of hydrogen-bond acceptors (Lipinski definition) is 8. The number of carboxylic acids is 1. The predicted octanol–water partition coefficient (Wildman–Crippen LogP) is 2.52. The molecule has 0 aromatic heterocycles. The Morgan fingerprint density at radius 3 is 1.91 bits per heavy atom. The quantitative estimate of drug-likeness (QED) is 0.132. The zero-order valence-corrected chi connectivity index (χ0v) is 28.0. The molecule has 14 heteroatoms. The number of rotatable bonds is 16. The maximum atomic E-state index is 12.6. The Bertz CT molecular complexity index is 1050. The van der Waals surface area contributed by atoms with Crippen molar-refractivity contribution in [2.45, 2.75) is 92.8 Å². The molecule has 0 aliphatic rings. The van der Waals surface area contributed by atoms with E-state index >= 15 is 0 Å². The molecule has 0 fully saturated rings. The highest BCUT2D eigenvalue weighted by atomic mass is 16.5. The third-order valence-electron chi connectivity index (χ3n) is 5.62. The summed E-state index contributed by atoms with van der Waals surface area (Å²) in [5.41, 5.74) is 6.00. The van der Waals surface area contributed by atoms with E-state index in [2.05, 4.69) is 40.4 Å². The number of anilines is 1. The van der Waals surface area contributed by atoms with Crippen LogP contribution in [-0.4, -0.2) is 73.0 Å². The molecule has 0 heterocycles. The first-order valence-corrected chi connectivity index (χ1v) is 15.2. The zero-order chi connectivity index (χ0) is 34.9. The van der Waals surface area contributed by atoms with Gasteiger partial charge in [0.15, 0.2) is 0 Å². The van der Waals surface area contributed by atoms with Gasteiger partial charge in [0.05, 0.1) is 18.5 Å². The molecule has 256 valence electrons. The minimum absolute atomic E-state index is 0.0749. The number of urea groups is 1. The van der Waals surface area contributed by atoms with Crippen LogP contribution in [0.25, 0.3) is 0 Å². The third kappa shape index (κ3) is 22.0. The van der Waals surface area contributed by atoms with E-state index in [1.54, 1.807) is 52.0 Å². The Kier molecular flexibility index (Phi) is 24.0. The average molecular weight is 639 g/mol. The number of benzene rings is 1. The number of esters is 1. The highest BCUT2D eigenvalue weighted by molar-refractivity contribution is 5.96. The number of amides is 5. The number of primary amides is 1. The fourth-order valence-electron chi connectivity index (χ4n) is 3.20. The predicted molar refractivity (Wildman–Crippen MR) is 173 cm³/mol. The van der Waals surface area contributed by atoms with Crippen molar-refractivity contribution < 1.29 is 38.6 Å². The third-order valence-corrected chi connectivity index (χ3v) is 5.62. The molecule has 45 heavy (non-hydrogen) atoms. The van der Waals surface area contributed by atoms with Crippen molar-refractivity contribution in [1.82, 2.24) is 21.3 Å². The van der Waals surface area contributed by atoms with Gasteiger partial charge < -0.3 is 42.2 Å². The van der Waals surface area contributed by atoms with Crippen molar-refractivity contribution >= 4 is 41.4 Å². The van der Waals surface area contributed by atoms with Gasteiger partial charge in [0.1, 0.15) is 12.6 Å². The van der Waals surface area contributed by atoms with Gasteiger partial charge in [-0.15, -0.1) is 0 Å². The summed E-state index contributed by atoms with van der Waals surface area (Å²) in [6, 6.07) is 4.64. The first-order chi connectivity index (χ1) is 21.1. The summed E-state index contributed by atoms with van der Waals surface area (Å²) in [5.74, 6) is -3.28. The lowest BCUT2D eigenvalue weighted by Gasteiger charge is -2.24. The van der Waals surface area contributed by atoms with Crippen molar-refractivity contribution in [3.8, 4) is 0 Å². The van der Waals surface area contributed by atoms with Gasteiger partial charge in [-0.25, -0.2) is 4.79 Å². The number of ether oxygens (including phenoxy) is 1. The summed E-state index contributed by atoms with van der Waals surface area (Å²) >= 11 is 0. The Morgan fingerprint density at radius 2 is 1.49 bits per heavy atom. The summed E-state index contributed by atoms with van der Waals surface area (Å²) in [7, 11) is 1.53. The van der Waals surface area contributed by atoms with Crippen molar-refractivity contribution in [2.75, 3.05) is 25.5 Å². The SMILES string of the molecule is CCC.CCCNC(N)=O.CNC(CCC(=O)O)C(=O)NC(C(=O)NCC(=O)Nc1ccc(COC(=O)C(C)C)cc1)C(C)C. The highest BCUT2D eigenvalue weighted by Gasteiger charge is 2.27. The van der Waals surface area contributed by atoms with Crippen LogP contribution in [0.15, 0.2) is 24.3 Å². The first kappa shape index (κ1) is 42.9. The van der Waals surface area contributed by atoms with Crippen LogP contribution in [0.2, 0.25) is 0 Å². The van der Waals surface area contributed by atoms with E-state index in [9.17, 15) is 28.8 Å². The van der Waals surface area contributed by atoms with E-state index in [-0.39, 0.29) is 43.8 Å². The minimum atomic E-state index is -1.02. The summed E-state index contributed by atoms with van der Waals surface area (Å²) in [4.78, 5) is 69.5. The highest BCUT2D eigenvalue weighted by Crippen LogP contribution is 2.11. The Morgan fingerprint density at radius 1 is 0.911 bits per heavy atom. The Hall–Kier alpha value is -4.20. The number of aliphatic carboxylic acids is 1. The number of hydrogen-bond donors (Lipinski definition) is 7. The number of nitrogens with two attached hydrogens (primary N) is 1. The second-order valence-electron chi connectivity index (χ2n) is 10.7. The van der Waals surface area contributed by atoms with Crippen LogP contribution in [0.3, 0.4) is 0 Å². The van der Waals surface area contributed by atoms with Gasteiger partial charge in [-0.2, -0.15) is 0 Å². The van der Waals surface area contributed by atoms with E-state index < -0.39 is 41.8 Å². The maximum Gasteiger partial charge on any atom is 0.312 e. The summed E-state index contributed by atoms with van der Waals surface area (Å²) in [5, 5.41) is 21.8. The summed E-state index contributed by atoms with van der Waals surface area (Å²) in [6.45, 7) is 13.7. The van der Waals surface area contributed by atoms with Gasteiger partial charge in [0.25, 0.3) is 0 Å². The molecule has 1 rings (SSSR count). The van der Waals surface area contributed by atoms with Crippen LogP contribution in [0.4, 0.5) is 10.5 Å². The maximum absolute atomic E-state index is 12.6. The molecule has 8 N–H and O–H groups in total. The Labute approximate surface area is 267 Å². The van der Waals surface area contributed by atoms with Gasteiger partial charge in [-0.3, -0.25) is 24.0 Å². The normalized spacial score (nSPS) is 11.4. The standard InChI is InChI=1S/C24H36N4O7.C4H10N2O.C3H8/c1-14(2)21(28-22(32)18(25-5)10-11-20(30)31)23(33)26-12-19(29)27-17-8-6-16(7-9-17)13-35-24(34)15(3)4;1-2-3-6-4(5)7;1-3-2/h6-9,14-15,18,21,25H,10-13H2,1-5H3,(H,26,33)(H,27,29)(H,28,32)(H,30,31);2-3H2,1H3,(H3,5,6,7);3H2,1-2H3. The molecule has 2 atom stereocenters. The van der Waals surface area contributed by atoms with Crippen molar-refractivity contribution in [3.05, 3.63) is 29.8 Å². The van der Waals surface area contributed by atoms with E-state index in [0.717, 1.165) is 12.0 Å². The van der Waals surface area contributed by atoms with Gasteiger partial charge >= 0.3 is 18.0 Å². The molecule has 0 spiro atoms. The number of likely N-dealkylation sites (N-methyl/N-ethyl adjacent to an activating group) is 1. The number of carboxylic acid groups (broad SMARTS) is 1. The molecule has 0 saturated heterocycles. The number of carbonyl (C=O) groups is 6. The van der Waals surface area contributed by atoms with Crippen molar-refractivity contribution in [3.63, 3.8) is 0 Å². The molecule has 1 aromatic carbocycles. The summed E-state index contributed by atoms with van der Waals surface area (Å²) in [6.07, 6.45) is 2.07. The first-order valence-electron chi connectivity index (χ1n) is 15.2. The lowest BCUT2D eigenvalue weighted by molar-refractivity contribution is -0.148. The van der Waals surface area contributed by atoms with Gasteiger partial charge in [0.2, 0.25) is 17.7 Å². The van der Waals surface area contributed by atoms with Gasteiger partial charge in [-0.05, 0) is 43.5 Å². The van der Waals surface area contributed by atoms with Crippen molar-refractivity contribution in [2.24, 2.45) is 17.6 Å². The molecule has 2 unspecified atom stereocenters. The second kappa shape index (κ2) is 25.2. The molecule has 5 amide bonds. The fraction of sp³-hybridized carbons (Fsp3) is 0.613. The van der Waals surface area contributed by atoms with Gasteiger partial charge in [-0.1, -0.05) is 67.0 Å². The Balaban J connectivity index is 0. The smallest absolute Gasteiger partial charge is 0.312 e. The van der Waals surface area contributed by atoms with Crippen LogP contribution < -0.4 is 32.3 Å². The molecule has 0 saturated carbocycles. The largest absolute Gasteiger partial charge is 0.481 e. The number of nitrogens with one attached hydrogen (secondary N) is 5. The molecular formula is C31H54N6O8. The van der Waals surface area contributed by atoms with Crippen LogP contribution in [0.1, 0.15) is 79.7 Å². The van der Waals surface area contributed by atoms with Crippen LogP contribution in [0, 0.1) is 11.8 Å². The molecule has 0 aliphatic carbocycles. The second-order valence-corrected chi connectivity index (χ2v) is 10.7. The molecule has 0 bridgehead atoms. The van der Waals surface area contributed by atoms with E-state index in [1.807, 2.05) is 6.92 Å². The topological polar surface area (TPSA) is 218 Å². The van der Waals surface area contributed by atoms with Gasteiger partial charge in [0, 0.05) is 18.7 Å². The van der Waals surface area contributed by atoms with Crippen molar-refractivity contribution in [1.29, 1.82) is 0 Å². The zero-order valence-electron chi connectivity index (χ0n) is 28.0. The van der Waals surface area contributed by atoms with Crippen LogP contribution in [-0.2, 0) is 35.3 Å². The molecular weight excluding hydrogens is 584 g/mol. The molecule has 0 radical (unpaired) electrons. The minimum Gasteiger partial charge on any atom is -0.481 e. The molecule has 1 aromatic rings. The molecule has 0 aliphatic heterocycles. The van der Waals surface area contributed by atoms with E-state index in [4.69, 9.17) is 15.6 Å². The van der Waals surface area contributed by atoms with Crippen LogP contribution >= 0.6 is 0 Å². The average Bonchev–Trinajstić information content (AvgIpc) is 2.97. The lowest BCUT2D eigenvalue weighted by atomic mass is 10.0. The fourth-order valence-corrected chi connectivity index (χ4v) is 3.20.